The van der Waals surface area contributed by atoms with Gasteiger partial charge in [0, 0.05) is 24.8 Å². The second kappa shape index (κ2) is 5.65. The van der Waals surface area contributed by atoms with E-state index in [-0.39, 0.29) is 24.6 Å². The first kappa shape index (κ1) is 13.3. The molecule has 1 heterocycles. The van der Waals surface area contributed by atoms with Crippen LogP contribution < -0.4 is 10.6 Å². The zero-order chi connectivity index (χ0) is 13.1. The molecule has 0 radical (unpaired) electrons. The Morgan fingerprint density at radius 2 is 2.28 bits per heavy atom. The Morgan fingerprint density at radius 3 is 2.94 bits per heavy atom. The lowest BCUT2D eigenvalue weighted by Gasteiger charge is -2.39. The summed E-state index contributed by atoms with van der Waals surface area (Å²) < 4.78 is 19.0. The van der Waals surface area contributed by atoms with E-state index in [1.165, 1.54) is 12.1 Å². The Hall–Kier alpha value is -1.17. The van der Waals surface area contributed by atoms with E-state index < -0.39 is 0 Å². The molecule has 0 aliphatic carbocycles. The average molecular weight is 254 g/mol. The Bertz CT molecular complexity index is 414. The molecule has 2 atom stereocenters. The summed E-state index contributed by atoms with van der Waals surface area (Å²) in [6.07, 6.45) is -0.217. The third-order valence-electron chi connectivity index (χ3n) is 3.22. The molecule has 18 heavy (non-hydrogen) atoms. The minimum atomic E-state index is -0.285. The fourth-order valence-corrected chi connectivity index (χ4v) is 2.20. The van der Waals surface area contributed by atoms with Crippen LogP contribution in [0.15, 0.2) is 18.2 Å². The molecule has 100 valence electrons. The monoisotopic (exact) mass is 254 g/mol. The lowest BCUT2D eigenvalue weighted by molar-refractivity contribution is -0.0103. The van der Waals surface area contributed by atoms with Gasteiger partial charge in [-0.2, -0.15) is 0 Å². The Balaban J connectivity index is 2.25. The number of aliphatic hydroxyl groups is 1. The van der Waals surface area contributed by atoms with Gasteiger partial charge in [-0.15, -0.1) is 0 Å². The van der Waals surface area contributed by atoms with Crippen LogP contribution in [0, 0.1) is 5.82 Å². The van der Waals surface area contributed by atoms with Gasteiger partial charge in [0.1, 0.15) is 5.82 Å². The molecular formula is C13H19FN2O2. The highest BCUT2D eigenvalue weighted by molar-refractivity contribution is 5.50. The van der Waals surface area contributed by atoms with Crippen LogP contribution in [-0.4, -0.2) is 37.0 Å². The third kappa shape index (κ3) is 2.80. The summed E-state index contributed by atoms with van der Waals surface area (Å²) in [7, 11) is 0. The quantitative estimate of drug-likeness (QED) is 0.840. The van der Waals surface area contributed by atoms with E-state index in [2.05, 4.69) is 0 Å². The Kier molecular flexibility index (Phi) is 4.16. The van der Waals surface area contributed by atoms with Crippen molar-refractivity contribution in [2.75, 3.05) is 24.7 Å². The topological polar surface area (TPSA) is 58.7 Å². The number of aliphatic hydroxyl groups excluding tert-OH is 1. The first-order valence-corrected chi connectivity index (χ1v) is 6.12. The van der Waals surface area contributed by atoms with E-state index in [1.807, 2.05) is 17.9 Å². The summed E-state index contributed by atoms with van der Waals surface area (Å²) >= 11 is 0. The number of nitrogens with zero attached hydrogens (tertiary/aromatic N) is 1. The highest BCUT2D eigenvalue weighted by Crippen LogP contribution is 2.24. The number of morpholine rings is 1. The summed E-state index contributed by atoms with van der Waals surface area (Å²) in [5, 5.41) is 9.15. The Labute approximate surface area is 106 Å². The van der Waals surface area contributed by atoms with Crippen LogP contribution in [0.2, 0.25) is 0 Å². The number of hydrogen-bond acceptors (Lipinski definition) is 4. The maximum atomic E-state index is 13.5. The second-order valence-corrected chi connectivity index (χ2v) is 4.66. The van der Waals surface area contributed by atoms with Crippen LogP contribution in [0.25, 0.3) is 0 Å². The lowest BCUT2D eigenvalue weighted by atomic mass is 10.1. The zero-order valence-corrected chi connectivity index (χ0v) is 10.5. The largest absolute Gasteiger partial charge is 0.394 e. The molecule has 0 saturated carbocycles. The Morgan fingerprint density at radius 1 is 1.50 bits per heavy atom. The molecule has 5 heteroatoms. The summed E-state index contributed by atoms with van der Waals surface area (Å²) in [4.78, 5) is 2.05. The van der Waals surface area contributed by atoms with Crippen LogP contribution in [0.4, 0.5) is 10.1 Å². The van der Waals surface area contributed by atoms with E-state index in [0.717, 1.165) is 11.3 Å². The molecule has 2 unspecified atom stereocenters. The van der Waals surface area contributed by atoms with Crippen molar-refractivity contribution in [3.63, 3.8) is 0 Å². The van der Waals surface area contributed by atoms with Gasteiger partial charge in [0.15, 0.2) is 0 Å². The van der Waals surface area contributed by atoms with Crippen molar-refractivity contribution in [3.05, 3.63) is 29.6 Å². The SMILES string of the molecule is CC1COC(CO)CN1c1cc(F)cc(CN)c1. The average Bonchev–Trinajstić information content (AvgIpc) is 2.38. The number of benzene rings is 1. The summed E-state index contributed by atoms with van der Waals surface area (Å²) in [5.74, 6) is -0.285. The number of anilines is 1. The van der Waals surface area contributed by atoms with Gasteiger partial charge in [-0.05, 0) is 30.7 Å². The first-order chi connectivity index (χ1) is 8.63. The molecule has 0 aromatic heterocycles. The number of ether oxygens (including phenoxy) is 1. The standard InChI is InChI=1S/C13H19FN2O2/c1-9-8-18-13(7-17)6-16(9)12-3-10(5-15)2-11(14)4-12/h2-4,9,13,17H,5-8,15H2,1H3. The highest BCUT2D eigenvalue weighted by Gasteiger charge is 2.26. The molecule has 1 fully saturated rings. The van der Waals surface area contributed by atoms with Crippen LogP contribution in [0.1, 0.15) is 12.5 Å². The number of hydrogen-bond donors (Lipinski definition) is 2. The molecule has 2 rings (SSSR count). The van der Waals surface area contributed by atoms with Crippen molar-refractivity contribution >= 4 is 5.69 Å². The lowest BCUT2D eigenvalue weighted by Crippen LogP contribution is -2.49. The van der Waals surface area contributed by atoms with Crippen LogP contribution in [-0.2, 0) is 11.3 Å². The molecular weight excluding hydrogens is 235 g/mol. The molecule has 1 aromatic rings. The van der Waals surface area contributed by atoms with Crippen molar-refractivity contribution in [1.82, 2.24) is 0 Å². The van der Waals surface area contributed by atoms with Gasteiger partial charge in [0.05, 0.1) is 19.3 Å². The molecule has 1 saturated heterocycles. The summed E-state index contributed by atoms with van der Waals surface area (Å²) in [6.45, 7) is 3.39. The summed E-state index contributed by atoms with van der Waals surface area (Å²) in [5.41, 5.74) is 7.12. The van der Waals surface area contributed by atoms with Crippen molar-refractivity contribution in [1.29, 1.82) is 0 Å². The van der Waals surface area contributed by atoms with E-state index in [9.17, 15) is 4.39 Å². The predicted molar refractivity (Wildman–Crippen MR) is 67.9 cm³/mol. The highest BCUT2D eigenvalue weighted by atomic mass is 19.1. The molecule has 1 aliphatic heterocycles. The van der Waals surface area contributed by atoms with Crippen molar-refractivity contribution in [2.24, 2.45) is 5.73 Å². The van der Waals surface area contributed by atoms with Gasteiger partial charge < -0.3 is 20.5 Å². The van der Waals surface area contributed by atoms with E-state index in [1.54, 1.807) is 0 Å². The van der Waals surface area contributed by atoms with Gasteiger partial charge in [-0.1, -0.05) is 0 Å². The van der Waals surface area contributed by atoms with Crippen LogP contribution in [0.3, 0.4) is 0 Å². The fraction of sp³-hybridized carbons (Fsp3) is 0.538. The number of rotatable bonds is 3. The maximum absolute atomic E-state index is 13.5. The van der Waals surface area contributed by atoms with E-state index in [0.29, 0.717) is 19.7 Å². The second-order valence-electron chi connectivity index (χ2n) is 4.66. The predicted octanol–water partition coefficient (Wildman–Crippen LogP) is 0.870. The van der Waals surface area contributed by atoms with Gasteiger partial charge in [-0.3, -0.25) is 0 Å². The molecule has 3 N–H and O–H groups in total. The van der Waals surface area contributed by atoms with Gasteiger partial charge in [0.25, 0.3) is 0 Å². The van der Waals surface area contributed by atoms with Crippen LogP contribution in [0.5, 0.6) is 0 Å². The van der Waals surface area contributed by atoms with E-state index in [4.69, 9.17) is 15.6 Å². The van der Waals surface area contributed by atoms with Crippen molar-refractivity contribution in [3.8, 4) is 0 Å². The minimum absolute atomic E-state index is 0.0255. The minimum Gasteiger partial charge on any atom is -0.394 e. The molecule has 0 amide bonds. The fourth-order valence-electron chi connectivity index (χ4n) is 2.20. The molecule has 1 aliphatic rings. The van der Waals surface area contributed by atoms with Crippen molar-refractivity contribution < 1.29 is 14.2 Å². The van der Waals surface area contributed by atoms with Gasteiger partial charge in [-0.25, -0.2) is 4.39 Å². The van der Waals surface area contributed by atoms with Gasteiger partial charge in [0.2, 0.25) is 0 Å². The maximum Gasteiger partial charge on any atom is 0.125 e. The first-order valence-electron chi connectivity index (χ1n) is 6.12. The third-order valence-corrected chi connectivity index (χ3v) is 3.22. The molecule has 1 aromatic carbocycles. The number of nitrogens with two attached hydrogens (primary N) is 1. The van der Waals surface area contributed by atoms with Gasteiger partial charge >= 0.3 is 0 Å². The molecule has 0 spiro atoms. The van der Waals surface area contributed by atoms with Crippen LogP contribution >= 0.6 is 0 Å². The normalized spacial score (nSPS) is 24.3. The summed E-state index contributed by atoms with van der Waals surface area (Å²) in [6, 6.07) is 4.98. The molecule has 0 bridgehead atoms. The van der Waals surface area contributed by atoms with Crippen molar-refractivity contribution in [2.45, 2.75) is 25.6 Å². The smallest absolute Gasteiger partial charge is 0.125 e. The number of halogens is 1. The molecule has 4 nitrogen and oxygen atoms in total. The zero-order valence-electron chi connectivity index (χ0n) is 10.5. The van der Waals surface area contributed by atoms with E-state index >= 15 is 0 Å².